The van der Waals surface area contributed by atoms with E-state index in [0.29, 0.717) is 0 Å². The van der Waals surface area contributed by atoms with Gasteiger partial charge in [-0.1, -0.05) is 0 Å². The Morgan fingerprint density at radius 3 is 2.53 bits per heavy atom. The number of H-pyrrole nitrogens is 1. The molecule has 0 amide bonds. The molecule has 1 aromatic rings. The van der Waals surface area contributed by atoms with Crippen LogP contribution in [0, 0.1) is 0 Å². The van der Waals surface area contributed by atoms with Crippen molar-refractivity contribution in [2.75, 3.05) is 33.2 Å². The van der Waals surface area contributed by atoms with E-state index in [1.807, 2.05) is 6.07 Å². The number of aromatic carboxylic acids is 1. The number of aromatic nitrogens is 1. The van der Waals surface area contributed by atoms with Gasteiger partial charge in [0.15, 0.2) is 0 Å². The molecule has 2 N–H and O–H groups in total. The van der Waals surface area contributed by atoms with Gasteiger partial charge in [0.1, 0.15) is 5.69 Å². The van der Waals surface area contributed by atoms with Crippen molar-refractivity contribution in [3.8, 4) is 0 Å². The van der Waals surface area contributed by atoms with Crippen molar-refractivity contribution < 1.29 is 9.90 Å². The molecule has 1 fully saturated rings. The van der Waals surface area contributed by atoms with Gasteiger partial charge in [0.05, 0.1) is 0 Å². The molecule has 5 nitrogen and oxygen atoms in total. The zero-order chi connectivity index (χ0) is 12.4. The lowest BCUT2D eigenvalue weighted by Gasteiger charge is -2.36. The van der Waals surface area contributed by atoms with E-state index in [9.17, 15) is 4.79 Å². The van der Waals surface area contributed by atoms with E-state index in [1.54, 1.807) is 6.07 Å². The minimum Gasteiger partial charge on any atom is -0.477 e. The lowest BCUT2D eigenvalue weighted by molar-refractivity contribution is 0.0690. The van der Waals surface area contributed by atoms with Crippen molar-refractivity contribution in [2.45, 2.75) is 13.0 Å². The molecule has 0 radical (unpaired) electrons. The molecule has 1 aromatic heterocycles. The third-order valence-corrected chi connectivity index (χ3v) is 3.47. The Kier molecular flexibility index (Phi) is 3.49. The largest absolute Gasteiger partial charge is 0.477 e. The number of hydrogen-bond donors (Lipinski definition) is 2. The van der Waals surface area contributed by atoms with E-state index in [1.165, 1.54) is 0 Å². The van der Waals surface area contributed by atoms with E-state index in [-0.39, 0.29) is 11.7 Å². The Morgan fingerprint density at radius 1 is 1.35 bits per heavy atom. The second kappa shape index (κ2) is 4.89. The summed E-state index contributed by atoms with van der Waals surface area (Å²) in [5, 5.41) is 8.87. The maximum atomic E-state index is 10.8. The zero-order valence-corrected chi connectivity index (χ0v) is 10.3. The SMILES string of the molecule is CC(c1ccc(C(=O)O)[nH]1)N1CCN(C)CC1. The molecule has 0 aromatic carbocycles. The van der Waals surface area contributed by atoms with Crippen LogP contribution in [0.1, 0.15) is 29.1 Å². The van der Waals surface area contributed by atoms with Gasteiger partial charge in [-0.15, -0.1) is 0 Å². The highest BCUT2D eigenvalue weighted by Crippen LogP contribution is 2.20. The van der Waals surface area contributed by atoms with Crippen LogP contribution in [0.3, 0.4) is 0 Å². The van der Waals surface area contributed by atoms with Crippen molar-refractivity contribution in [3.63, 3.8) is 0 Å². The molecular weight excluding hydrogens is 218 g/mol. The fourth-order valence-electron chi connectivity index (χ4n) is 2.19. The summed E-state index contributed by atoms with van der Waals surface area (Å²) in [6.07, 6.45) is 0. The molecular formula is C12H19N3O2. The number of aromatic amines is 1. The van der Waals surface area contributed by atoms with Crippen molar-refractivity contribution in [2.24, 2.45) is 0 Å². The molecule has 17 heavy (non-hydrogen) atoms. The van der Waals surface area contributed by atoms with E-state index >= 15 is 0 Å². The molecule has 0 bridgehead atoms. The normalized spacial score (nSPS) is 20.4. The Balaban J connectivity index is 2.03. The first-order valence-corrected chi connectivity index (χ1v) is 5.92. The van der Waals surface area contributed by atoms with E-state index in [2.05, 4.69) is 28.8 Å². The van der Waals surface area contributed by atoms with Crippen LogP contribution < -0.4 is 0 Å². The van der Waals surface area contributed by atoms with Gasteiger partial charge in [0.25, 0.3) is 0 Å². The number of likely N-dealkylation sites (N-methyl/N-ethyl adjacent to an activating group) is 1. The molecule has 1 unspecified atom stereocenters. The van der Waals surface area contributed by atoms with Crippen LogP contribution in [0.15, 0.2) is 12.1 Å². The minimum absolute atomic E-state index is 0.247. The summed E-state index contributed by atoms with van der Waals surface area (Å²) < 4.78 is 0. The first-order valence-electron chi connectivity index (χ1n) is 5.92. The van der Waals surface area contributed by atoms with Crippen LogP contribution in [-0.2, 0) is 0 Å². The van der Waals surface area contributed by atoms with Crippen LogP contribution in [-0.4, -0.2) is 59.1 Å². The molecule has 0 saturated carbocycles. The van der Waals surface area contributed by atoms with E-state index in [0.717, 1.165) is 31.9 Å². The Bertz CT molecular complexity index is 394. The average molecular weight is 237 g/mol. The number of nitrogens with zero attached hydrogens (tertiary/aromatic N) is 2. The number of carboxylic acids is 1. The Labute approximate surface area is 101 Å². The van der Waals surface area contributed by atoms with Crippen molar-refractivity contribution in [1.29, 1.82) is 0 Å². The van der Waals surface area contributed by atoms with E-state index < -0.39 is 5.97 Å². The molecule has 0 aliphatic carbocycles. The monoisotopic (exact) mass is 237 g/mol. The first kappa shape index (κ1) is 12.1. The molecule has 5 heteroatoms. The van der Waals surface area contributed by atoms with Crippen molar-refractivity contribution in [1.82, 2.24) is 14.8 Å². The molecule has 2 heterocycles. The third kappa shape index (κ3) is 2.68. The third-order valence-electron chi connectivity index (χ3n) is 3.47. The van der Waals surface area contributed by atoms with Crippen molar-refractivity contribution in [3.05, 3.63) is 23.5 Å². The smallest absolute Gasteiger partial charge is 0.352 e. The summed E-state index contributed by atoms with van der Waals surface area (Å²) in [6.45, 7) is 6.30. The number of hydrogen-bond acceptors (Lipinski definition) is 3. The van der Waals surface area contributed by atoms with Crippen molar-refractivity contribution >= 4 is 5.97 Å². The number of rotatable bonds is 3. The van der Waals surface area contributed by atoms with Crippen LogP contribution >= 0.6 is 0 Å². The second-order valence-electron chi connectivity index (χ2n) is 4.65. The molecule has 2 rings (SSSR count). The molecule has 0 spiro atoms. The molecule has 1 aliphatic heterocycles. The van der Waals surface area contributed by atoms with Gasteiger partial charge in [0.2, 0.25) is 0 Å². The maximum Gasteiger partial charge on any atom is 0.352 e. The average Bonchev–Trinajstić information content (AvgIpc) is 2.78. The van der Waals surface area contributed by atoms with Crippen LogP contribution in [0.2, 0.25) is 0 Å². The second-order valence-corrected chi connectivity index (χ2v) is 4.65. The van der Waals surface area contributed by atoms with E-state index in [4.69, 9.17) is 5.11 Å². The highest BCUT2D eigenvalue weighted by Gasteiger charge is 2.21. The molecule has 94 valence electrons. The summed E-state index contributed by atoms with van der Waals surface area (Å²) in [5.41, 5.74) is 1.24. The summed E-state index contributed by atoms with van der Waals surface area (Å²) in [7, 11) is 2.12. The van der Waals surface area contributed by atoms with Gasteiger partial charge in [-0.2, -0.15) is 0 Å². The fraction of sp³-hybridized carbons (Fsp3) is 0.583. The zero-order valence-electron chi connectivity index (χ0n) is 10.3. The highest BCUT2D eigenvalue weighted by atomic mass is 16.4. The maximum absolute atomic E-state index is 10.8. The summed E-state index contributed by atoms with van der Waals surface area (Å²) in [6, 6.07) is 3.74. The molecule has 1 saturated heterocycles. The lowest BCUT2D eigenvalue weighted by Crippen LogP contribution is -2.45. The van der Waals surface area contributed by atoms with Crippen LogP contribution in [0.4, 0.5) is 0 Å². The Morgan fingerprint density at radius 2 is 2.00 bits per heavy atom. The minimum atomic E-state index is -0.901. The van der Waals surface area contributed by atoms with Gasteiger partial charge in [0, 0.05) is 37.9 Å². The highest BCUT2D eigenvalue weighted by molar-refractivity contribution is 5.85. The number of piperazine rings is 1. The standard InChI is InChI=1S/C12H19N3O2/c1-9(15-7-5-14(2)6-8-15)10-3-4-11(13-10)12(16)17/h3-4,9,13H,5-8H2,1-2H3,(H,16,17). The number of carboxylic acid groups (broad SMARTS) is 1. The predicted octanol–water partition coefficient (Wildman–Crippen LogP) is 1.02. The Hall–Kier alpha value is -1.33. The quantitative estimate of drug-likeness (QED) is 0.824. The summed E-state index contributed by atoms with van der Waals surface area (Å²) in [5.74, 6) is -0.901. The predicted molar refractivity (Wildman–Crippen MR) is 65.2 cm³/mol. The van der Waals surface area contributed by atoms with Gasteiger partial charge < -0.3 is 15.0 Å². The van der Waals surface area contributed by atoms with Gasteiger partial charge in [-0.25, -0.2) is 4.79 Å². The van der Waals surface area contributed by atoms with Gasteiger partial charge in [-0.3, -0.25) is 4.90 Å². The number of carbonyl (C=O) groups is 1. The van der Waals surface area contributed by atoms with Crippen LogP contribution in [0.25, 0.3) is 0 Å². The molecule has 1 aliphatic rings. The number of nitrogens with one attached hydrogen (secondary N) is 1. The topological polar surface area (TPSA) is 59.6 Å². The first-order chi connectivity index (χ1) is 8.08. The lowest BCUT2D eigenvalue weighted by atomic mass is 10.2. The van der Waals surface area contributed by atoms with Gasteiger partial charge >= 0.3 is 5.97 Å². The summed E-state index contributed by atoms with van der Waals surface area (Å²) >= 11 is 0. The molecule has 1 atom stereocenters. The van der Waals surface area contributed by atoms with Crippen LogP contribution in [0.5, 0.6) is 0 Å². The summed E-state index contributed by atoms with van der Waals surface area (Å²) in [4.78, 5) is 18.4. The van der Waals surface area contributed by atoms with Gasteiger partial charge in [-0.05, 0) is 26.1 Å². The fourth-order valence-corrected chi connectivity index (χ4v) is 2.19.